The molecule has 0 heterocycles. The predicted molar refractivity (Wildman–Crippen MR) is 320 cm³/mol. The highest BCUT2D eigenvalue weighted by molar-refractivity contribution is 5.71. The SMILES string of the molecule is CC/C=C\C/C=C\C/C=C\C/C=C\C/C=C\C/C=C\CCC(=O)OC(COC(=O)CCCCCCCCCCC/C=C\C/C=C\C/C=C\C/C=C\C/C=C\CC)COC(=O)CCCCCCCCCCCCCC. The number of unbranched alkanes of at least 4 members (excludes halogenated alkanes) is 20. The lowest BCUT2D eigenvalue weighted by Crippen LogP contribution is -2.30. The molecule has 0 aromatic carbocycles. The summed E-state index contributed by atoms with van der Waals surface area (Å²) in [6.45, 7) is 6.34. The van der Waals surface area contributed by atoms with Crippen LogP contribution < -0.4 is 0 Å². The first-order valence-electron chi connectivity index (χ1n) is 30.2. The minimum Gasteiger partial charge on any atom is -0.462 e. The molecule has 0 bridgehead atoms. The minimum absolute atomic E-state index is 0.112. The summed E-state index contributed by atoms with van der Waals surface area (Å²) >= 11 is 0. The van der Waals surface area contributed by atoms with Gasteiger partial charge in [0.15, 0.2) is 6.10 Å². The molecule has 0 saturated heterocycles. The van der Waals surface area contributed by atoms with Crippen LogP contribution in [0.5, 0.6) is 0 Å². The molecule has 74 heavy (non-hydrogen) atoms. The Labute approximate surface area is 455 Å². The van der Waals surface area contributed by atoms with Crippen LogP contribution in [0.1, 0.15) is 258 Å². The molecule has 0 aliphatic carbocycles. The topological polar surface area (TPSA) is 78.9 Å². The molecule has 0 radical (unpaired) electrons. The maximum atomic E-state index is 12.8. The van der Waals surface area contributed by atoms with Crippen molar-refractivity contribution in [3.05, 3.63) is 134 Å². The van der Waals surface area contributed by atoms with Gasteiger partial charge in [-0.1, -0.05) is 270 Å². The Bertz CT molecular complexity index is 1600. The molecule has 6 nitrogen and oxygen atoms in total. The van der Waals surface area contributed by atoms with E-state index in [-0.39, 0.29) is 31.6 Å². The second-order valence-corrected chi connectivity index (χ2v) is 19.5. The second kappa shape index (κ2) is 61.1. The van der Waals surface area contributed by atoms with E-state index in [1.165, 1.54) is 96.3 Å². The number of allylic oxidation sites excluding steroid dienone is 22. The van der Waals surface area contributed by atoms with Crippen molar-refractivity contribution in [1.82, 2.24) is 0 Å². The van der Waals surface area contributed by atoms with Gasteiger partial charge in [-0.15, -0.1) is 0 Å². The van der Waals surface area contributed by atoms with Crippen molar-refractivity contribution < 1.29 is 28.6 Å². The van der Waals surface area contributed by atoms with Crippen LogP contribution in [0.15, 0.2) is 134 Å². The van der Waals surface area contributed by atoms with Crippen molar-refractivity contribution in [2.24, 2.45) is 0 Å². The average Bonchev–Trinajstić information content (AvgIpc) is 3.40. The fraction of sp³-hybridized carbons (Fsp3) is 0.632. The summed E-state index contributed by atoms with van der Waals surface area (Å²) in [4.78, 5) is 38.2. The highest BCUT2D eigenvalue weighted by Gasteiger charge is 2.19. The lowest BCUT2D eigenvalue weighted by molar-refractivity contribution is -0.166. The first-order valence-corrected chi connectivity index (χ1v) is 30.2. The number of hydrogen-bond donors (Lipinski definition) is 0. The summed E-state index contributed by atoms with van der Waals surface area (Å²) in [5.41, 5.74) is 0. The number of hydrogen-bond acceptors (Lipinski definition) is 6. The molecule has 1 atom stereocenters. The number of ether oxygens (including phenoxy) is 3. The Kier molecular flexibility index (Phi) is 57.4. The normalized spacial score (nSPS) is 13.1. The fourth-order valence-corrected chi connectivity index (χ4v) is 7.97. The first kappa shape index (κ1) is 69.5. The predicted octanol–water partition coefficient (Wildman–Crippen LogP) is 20.6. The zero-order valence-corrected chi connectivity index (χ0v) is 47.8. The molecule has 0 amide bonds. The summed E-state index contributed by atoms with van der Waals surface area (Å²) in [5.74, 6) is -1.00. The smallest absolute Gasteiger partial charge is 0.306 e. The van der Waals surface area contributed by atoms with Gasteiger partial charge in [0.25, 0.3) is 0 Å². The van der Waals surface area contributed by atoms with Gasteiger partial charge in [-0.25, -0.2) is 0 Å². The van der Waals surface area contributed by atoms with Gasteiger partial charge >= 0.3 is 17.9 Å². The van der Waals surface area contributed by atoms with Crippen LogP contribution >= 0.6 is 0 Å². The van der Waals surface area contributed by atoms with Crippen molar-refractivity contribution in [3.8, 4) is 0 Å². The third kappa shape index (κ3) is 58.4. The van der Waals surface area contributed by atoms with E-state index in [1.54, 1.807) is 0 Å². The average molecular weight is 1020 g/mol. The molecule has 0 N–H and O–H groups in total. The summed E-state index contributed by atoms with van der Waals surface area (Å²) in [5, 5.41) is 0. The van der Waals surface area contributed by atoms with Gasteiger partial charge in [0.2, 0.25) is 0 Å². The Hall–Kier alpha value is -4.45. The Balaban J connectivity index is 4.44. The molecule has 0 aromatic rings. The zero-order valence-electron chi connectivity index (χ0n) is 47.8. The summed E-state index contributed by atoms with van der Waals surface area (Å²) in [7, 11) is 0. The molecular formula is C68H110O6. The van der Waals surface area contributed by atoms with E-state index in [0.717, 1.165) is 116 Å². The second-order valence-electron chi connectivity index (χ2n) is 19.5. The highest BCUT2D eigenvalue weighted by atomic mass is 16.6. The molecule has 0 aliphatic heterocycles. The number of rotatable bonds is 53. The molecule has 1 unspecified atom stereocenters. The highest BCUT2D eigenvalue weighted by Crippen LogP contribution is 2.15. The summed E-state index contributed by atoms with van der Waals surface area (Å²) < 4.78 is 16.8. The van der Waals surface area contributed by atoms with E-state index in [0.29, 0.717) is 19.3 Å². The number of carbonyl (C=O) groups excluding carboxylic acids is 3. The Morgan fingerprint density at radius 1 is 0.284 bits per heavy atom. The largest absolute Gasteiger partial charge is 0.462 e. The molecule has 418 valence electrons. The van der Waals surface area contributed by atoms with E-state index in [9.17, 15) is 14.4 Å². The molecule has 0 aromatic heterocycles. The van der Waals surface area contributed by atoms with Gasteiger partial charge in [0.1, 0.15) is 13.2 Å². The van der Waals surface area contributed by atoms with Crippen LogP contribution in [0.25, 0.3) is 0 Å². The van der Waals surface area contributed by atoms with Crippen molar-refractivity contribution in [3.63, 3.8) is 0 Å². The molecular weight excluding hydrogens is 913 g/mol. The third-order valence-electron chi connectivity index (χ3n) is 12.4. The van der Waals surface area contributed by atoms with Crippen LogP contribution in [0, 0.1) is 0 Å². The van der Waals surface area contributed by atoms with Gasteiger partial charge in [0.05, 0.1) is 0 Å². The van der Waals surface area contributed by atoms with Crippen LogP contribution in [0.2, 0.25) is 0 Å². The Morgan fingerprint density at radius 3 is 0.878 bits per heavy atom. The zero-order chi connectivity index (χ0) is 53.6. The lowest BCUT2D eigenvalue weighted by atomic mass is 10.0. The fourth-order valence-electron chi connectivity index (χ4n) is 7.97. The maximum absolute atomic E-state index is 12.8. The maximum Gasteiger partial charge on any atom is 0.306 e. The molecule has 0 aliphatic rings. The van der Waals surface area contributed by atoms with Crippen LogP contribution in [-0.2, 0) is 28.6 Å². The molecule has 0 saturated carbocycles. The molecule has 0 rings (SSSR count). The van der Waals surface area contributed by atoms with Crippen molar-refractivity contribution >= 4 is 17.9 Å². The molecule has 0 spiro atoms. The third-order valence-corrected chi connectivity index (χ3v) is 12.4. The summed E-state index contributed by atoms with van der Waals surface area (Å²) in [6.07, 6.45) is 86.0. The number of carbonyl (C=O) groups is 3. The van der Waals surface area contributed by atoms with Gasteiger partial charge in [-0.2, -0.15) is 0 Å². The van der Waals surface area contributed by atoms with Crippen LogP contribution in [0.3, 0.4) is 0 Å². The standard InChI is InChI=1S/C68H110O6/c1-4-7-10-13-16-19-22-25-27-29-31-32-33-34-35-36-38-39-41-43-46-49-52-55-58-61-67(70)73-64-65(63-72-66(69)60-57-54-51-48-45-24-21-18-15-12-9-6-3)74-68(71)62-59-56-53-50-47-44-42-40-37-30-28-26-23-20-17-14-11-8-5-2/h7-8,10-11,16-17,19-20,25-28,31-32,34-35,37,40,44,47,53,56,65H,4-6,9,12-15,18,21-24,29-30,33,36,38-39,41-43,45-46,48-52,54-55,57-64H2,1-3H3/b10-7-,11-8-,19-16-,20-17-,27-25-,28-26-,32-31-,35-34-,40-37-,47-44-,56-53-. The monoisotopic (exact) mass is 1020 g/mol. The van der Waals surface area contributed by atoms with Crippen LogP contribution in [-0.4, -0.2) is 37.2 Å². The van der Waals surface area contributed by atoms with Gasteiger partial charge in [0, 0.05) is 19.3 Å². The summed E-state index contributed by atoms with van der Waals surface area (Å²) in [6, 6.07) is 0. The quantitative estimate of drug-likeness (QED) is 0.0261. The van der Waals surface area contributed by atoms with Gasteiger partial charge < -0.3 is 14.2 Å². The van der Waals surface area contributed by atoms with E-state index >= 15 is 0 Å². The van der Waals surface area contributed by atoms with Crippen molar-refractivity contribution in [1.29, 1.82) is 0 Å². The van der Waals surface area contributed by atoms with Crippen LogP contribution in [0.4, 0.5) is 0 Å². The van der Waals surface area contributed by atoms with Crippen molar-refractivity contribution in [2.45, 2.75) is 264 Å². The molecule has 6 heteroatoms. The van der Waals surface area contributed by atoms with E-state index < -0.39 is 12.1 Å². The Morgan fingerprint density at radius 2 is 0.554 bits per heavy atom. The minimum atomic E-state index is -0.824. The first-order chi connectivity index (χ1) is 36.5. The van der Waals surface area contributed by atoms with E-state index in [4.69, 9.17) is 14.2 Å². The lowest BCUT2D eigenvalue weighted by Gasteiger charge is -2.18. The molecule has 0 fully saturated rings. The number of esters is 3. The van der Waals surface area contributed by atoms with Crippen molar-refractivity contribution in [2.75, 3.05) is 13.2 Å². The van der Waals surface area contributed by atoms with Gasteiger partial charge in [-0.3, -0.25) is 14.4 Å². The van der Waals surface area contributed by atoms with Gasteiger partial charge in [-0.05, 0) is 103 Å². The van der Waals surface area contributed by atoms with E-state index in [1.807, 2.05) is 6.08 Å². The van der Waals surface area contributed by atoms with E-state index in [2.05, 4.69) is 148 Å².